The quantitative estimate of drug-likeness (QED) is 0.915. The zero-order chi connectivity index (χ0) is 18.8. The molecule has 1 fully saturated rings. The normalized spacial score (nSPS) is 17.5. The van der Waals surface area contributed by atoms with E-state index in [0.717, 1.165) is 17.0 Å². The van der Waals surface area contributed by atoms with Crippen LogP contribution < -0.4 is 5.32 Å². The summed E-state index contributed by atoms with van der Waals surface area (Å²) in [4.78, 5) is 27.0. The molecule has 0 aliphatic carbocycles. The molecule has 0 bridgehead atoms. The molecule has 138 valence electrons. The van der Waals surface area contributed by atoms with Gasteiger partial charge in [0.15, 0.2) is 0 Å². The number of carbonyl (C=O) groups excluding carboxylic acids is 2. The highest BCUT2D eigenvalue weighted by atomic mass is 16.2. The monoisotopic (exact) mass is 354 g/mol. The first-order chi connectivity index (χ1) is 12.4. The number of hydrogen-bond acceptors (Lipinski definition) is 3. The minimum atomic E-state index is -0.420. The van der Waals surface area contributed by atoms with E-state index in [9.17, 15) is 9.59 Å². The fraction of sp³-hybridized carbons (Fsp3) is 0.450. The Morgan fingerprint density at radius 2 is 2.08 bits per heavy atom. The summed E-state index contributed by atoms with van der Waals surface area (Å²) >= 11 is 0. The number of hydrogen-bond donors (Lipinski definition) is 1. The zero-order valence-electron chi connectivity index (χ0n) is 15.8. The SMILES string of the molecule is Cc1cc(C)n(Cc2cccc(C(=O)N3CCNC(=O)C3C(C)C)c2)n1. The van der Waals surface area contributed by atoms with Crippen LogP contribution in [0.4, 0.5) is 0 Å². The molecule has 0 saturated carbocycles. The van der Waals surface area contributed by atoms with Crippen LogP contribution in [0.2, 0.25) is 0 Å². The van der Waals surface area contributed by atoms with Crippen molar-refractivity contribution in [3.8, 4) is 0 Å². The van der Waals surface area contributed by atoms with Crippen LogP contribution in [0.1, 0.15) is 41.2 Å². The largest absolute Gasteiger partial charge is 0.353 e. The van der Waals surface area contributed by atoms with Gasteiger partial charge in [0.05, 0.1) is 12.2 Å². The van der Waals surface area contributed by atoms with Crippen molar-refractivity contribution in [3.63, 3.8) is 0 Å². The Labute approximate surface area is 154 Å². The molecule has 1 saturated heterocycles. The van der Waals surface area contributed by atoms with Crippen LogP contribution in [0, 0.1) is 19.8 Å². The molecular weight excluding hydrogens is 328 g/mol. The predicted molar refractivity (Wildman–Crippen MR) is 99.9 cm³/mol. The first kappa shape index (κ1) is 18.2. The predicted octanol–water partition coefficient (Wildman–Crippen LogP) is 2.14. The minimum Gasteiger partial charge on any atom is -0.353 e. The Balaban J connectivity index is 1.83. The Bertz CT molecular complexity index is 825. The van der Waals surface area contributed by atoms with E-state index in [4.69, 9.17) is 0 Å². The van der Waals surface area contributed by atoms with Gasteiger partial charge >= 0.3 is 0 Å². The van der Waals surface area contributed by atoms with Crippen LogP contribution in [-0.4, -0.2) is 45.6 Å². The number of benzene rings is 1. The molecule has 1 aromatic carbocycles. The molecular formula is C20H26N4O2. The van der Waals surface area contributed by atoms with Gasteiger partial charge in [-0.05, 0) is 43.5 Å². The molecule has 6 nitrogen and oxygen atoms in total. The van der Waals surface area contributed by atoms with Crippen molar-refractivity contribution >= 4 is 11.8 Å². The molecule has 3 rings (SSSR count). The first-order valence-electron chi connectivity index (χ1n) is 9.05. The van der Waals surface area contributed by atoms with Crippen molar-refractivity contribution in [3.05, 3.63) is 52.8 Å². The molecule has 1 unspecified atom stereocenters. The molecule has 6 heteroatoms. The van der Waals surface area contributed by atoms with E-state index in [-0.39, 0.29) is 17.7 Å². The summed E-state index contributed by atoms with van der Waals surface area (Å²) in [5.41, 5.74) is 3.70. The van der Waals surface area contributed by atoms with Crippen LogP contribution in [0.5, 0.6) is 0 Å². The molecule has 2 amide bonds. The van der Waals surface area contributed by atoms with E-state index >= 15 is 0 Å². The average molecular weight is 354 g/mol. The van der Waals surface area contributed by atoms with Crippen LogP contribution in [0.15, 0.2) is 30.3 Å². The van der Waals surface area contributed by atoms with E-state index in [1.165, 1.54) is 0 Å². The molecule has 0 radical (unpaired) electrons. The third-order valence-corrected chi connectivity index (χ3v) is 4.76. The standard InChI is InChI=1S/C20H26N4O2/c1-13(2)18-19(25)21-8-9-23(18)20(26)17-7-5-6-16(11-17)12-24-15(4)10-14(3)22-24/h5-7,10-11,13,18H,8-9,12H2,1-4H3,(H,21,25). The molecule has 1 aliphatic rings. The molecule has 0 spiro atoms. The lowest BCUT2D eigenvalue weighted by Gasteiger charge is -2.37. The van der Waals surface area contributed by atoms with E-state index < -0.39 is 6.04 Å². The third kappa shape index (κ3) is 3.64. The maximum absolute atomic E-state index is 13.1. The first-order valence-corrected chi connectivity index (χ1v) is 9.05. The zero-order valence-corrected chi connectivity index (χ0v) is 15.8. The molecule has 1 aliphatic heterocycles. The lowest BCUT2D eigenvalue weighted by atomic mass is 9.98. The number of rotatable bonds is 4. The molecule has 1 atom stereocenters. The highest BCUT2D eigenvalue weighted by molar-refractivity contribution is 5.98. The van der Waals surface area contributed by atoms with Crippen LogP contribution in [-0.2, 0) is 11.3 Å². The number of carbonyl (C=O) groups is 2. The highest BCUT2D eigenvalue weighted by Gasteiger charge is 2.35. The van der Waals surface area contributed by atoms with E-state index in [0.29, 0.717) is 25.2 Å². The Kier molecular flexibility index (Phi) is 5.11. The van der Waals surface area contributed by atoms with Crippen molar-refractivity contribution in [2.75, 3.05) is 13.1 Å². The number of nitrogens with zero attached hydrogens (tertiary/aromatic N) is 3. The van der Waals surface area contributed by atoms with Crippen molar-refractivity contribution in [2.45, 2.75) is 40.3 Å². The van der Waals surface area contributed by atoms with Gasteiger partial charge in [-0.2, -0.15) is 5.10 Å². The van der Waals surface area contributed by atoms with Crippen molar-refractivity contribution in [1.29, 1.82) is 0 Å². The summed E-state index contributed by atoms with van der Waals surface area (Å²) in [6, 6.07) is 9.23. The lowest BCUT2D eigenvalue weighted by Crippen LogP contribution is -2.59. The summed E-state index contributed by atoms with van der Waals surface area (Å²) in [5.74, 6) is -0.0932. The highest BCUT2D eigenvalue weighted by Crippen LogP contribution is 2.18. The molecule has 26 heavy (non-hydrogen) atoms. The number of aryl methyl sites for hydroxylation is 2. The van der Waals surface area contributed by atoms with Gasteiger partial charge in [0.2, 0.25) is 5.91 Å². The van der Waals surface area contributed by atoms with Crippen LogP contribution in [0.3, 0.4) is 0 Å². The average Bonchev–Trinajstić information content (AvgIpc) is 2.91. The number of piperazine rings is 1. The summed E-state index contributed by atoms with van der Waals surface area (Å²) in [6.45, 7) is 9.58. The van der Waals surface area contributed by atoms with Gasteiger partial charge in [-0.3, -0.25) is 14.3 Å². The summed E-state index contributed by atoms with van der Waals surface area (Å²) in [7, 11) is 0. The smallest absolute Gasteiger partial charge is 0.254 e. The van der Waals surface area contributed by atoms with Crippen molar-refractivity contribution in [1.82, 2.24) is 20.0 Å². The van der Waals surface area contributed by atoms with Gasteiger partial charge in [0.1, 0.15) is 6.04 Å². The number of aromatic nitrogens is 2. The van der Waals surface area contributed by atoms with Gasteiger partial charge in [-0.15, -0.1) is 0 Å². The van der Waals surface area contributed by atoms with Gasteiger partial charge in [0.25, 0.3) is 5.91 Å². The lowest BCUT2D eigenvalue weighted by molar-refractivity contribution is -0.129. The van der Waals surface area contributed by atoms with Gasteiger partial charge in [0, 0.05) is 24.3 Å². The maximum Gasteiger partial charge on any atom is 0.254 e. The molecule has 1 aromatic heterocycles. The molecule has 2 heterocycles. The fourth-order valence-corrected chi connectivity index (χ4v) is 3.55. The minimum absolute atomic E-state index is 0.0668. The fourth-order valence-electron chi connectivity index (χ4n) is 3.55. The molecule has 1 N–H and O–H groups in total. The number of nitrogens with one attached hydrogen (secondary N) is 1. The van der Waals surface area contributed by atoms with E-state index in [2.05, 4.69) is 10.4 Å². The summed E-state index contributed by atoms with van der Waals surface area (Å²) < 4.78 is 1.93. The maximum atomic E-state index is 13.1. The second kappa shape index (κ2) is 7.32. The van der Waals surface area contributed by atoms with Gasteiger partial charge in [-0.25, -0.2) is 0 Å². The van der Waals surface area contributed by atoms with Crippen molar-refractivity contribution < 1.29 is 9.59 Å². The third-order valence-electron chi connectivity index (χ3n) is 4.76. The number of amides is 2. The van der Waals surface area contributed by atoms with E-state index in [1.54, 1.807) is 4.90 Å². The van der Waals surface area contributed by atoms with Gasteiger partial charge < -0.3 is 10.2 Å². The Hall–Kier alpha value is -2.63. The van der Waals surface area contributed by atoms with Crippen LogP contribution >= 0.6 is 0 Å². The van der Waals surface area contributed by atoms with Crippen molar-refractivity contribution in [2.24, 2.45) is 5.92 Å². The Morgan fingerprint density at radius 1 is 1.31 bits per heavy atom. The van der Waals surface area contributed by atoms with E-state index in [1.807, 2.05) is 62.7 Å². The second-order valence-electron chi connectivity index (χ2n) is 7.26. The Morgan fingerprint density at radius 3 is 2.73 bits per heavy atom. The molecule has 2 aromatic rings. The summed E-state index contributed by atoms with van der Waals surface area (Å²) in [5, 5.41) is 7.34. The second-order valence-corrected chi connectivity index (χ2v) is 7.26. The van der Waals surface area contributed by atoms with Gasteiger partial charge in [-0.1, -0.05) is 26.0 Å². The van der Waals surface area contributed by atoms with Crippen LogP contribution in [0.25, 0.3) is 0 Å². The summed E-state index contributed by atoms with van der Waals surface area (Å²) in [6.07, 6.45) is 0. The topological polar surface area (TPSA) is 67.2 Å².